The molecule has 0 aromatic heterocycles. The van der Waals surface area contributed by atoms with Crippen molar-refractivity contribution in [1.82, 2.24) is 10.2 Å². The van der Waals surface area contributed by atoms with E-state index in [1.165, 1.54) is 5.56 Å². The van der Waals surface area contributed by atoms with Gasteiger partial charge < -0.3 is 10.2 Å². The molecule has 0 aliphatic heterocycles. The molecule has 0 saturated carbocycles. The molecule has 0 bridgehead atoms. The monoisotopic (exact) mass is 414 g/mol. The highest BCUT2D eigenvalue weighted by atomic mass is 35.5. The molecule has 5 heteroatoms. The Kier molecular flexibility index (Phi) is 7.86. The third kappa shape index (κ3) is 7.54. The number of nitrogens with one attached hydrogen (secondary N) is 1. The first-order chi connectivity index (χ1) is 13.5. The Hall–Kier alpha value is -2.33. The summed E-state index contributed by atoms with van der Waals surface area (Å²) < 4.78 is 0. The summed E-state index contributed by atoms with van der Waals surface area (Å²) in [5.74, 6) is -0.217. The second-order valence-corrected chi connectivity index (χ2v) is 8.99. The Balaban J connectivity index is 2.16. The second-order valence-electron chi connectivity index (χ2n) is 8.55. The Morgan fingerprint density at radius 3 is 2.31 bits per heavy atom. The number of aryl methyl sites for hydroxylation is 2. The summed E-state index contributed by atoms with van der Waals surface area (Å²) in [6, 6.07) is 15.0. The summed E-state index contributed by atoms with van der Waals surface area (Å²) in [5.41, 5.74) is 2.84. The van der Waals surface area contributed by atoms with Gasteiger partial charge in [-0.05, 0) is 64.3 Å². The first-order valence-electron chi connectivity index (χ1n) is 9.96. The minimum Gasteiger partial charge on any atom is -0.350 e. The van der Waals surface area contributed by atoms with Crippen LogP contribution in [0.2, 0.25) is 5.02 Å². The van der Waals surface area contributed by atoms with Crippen molar-refractivity contribution < 1.29 is 9.59 Å². The predicted molar refractivity (Wildman–Crippen MR) is 119 cm³/mol. The van der Waals surface area contributed by atoms with Gasteiger partial charge in [-0.2, -0.15) is 0 Å². The summed E-state index contributed by atoms with van der Waals surface area (Å²) in [5, 5.41) is 3.58. The number of hydrogen-bond donors (Lipinski definition) is 1. The molecule has 0 spiro atoms. The fraction of sp³-hybridized carbons (Fsp3) is 0.417. The molecule has 2 aromatic rings. The van der Waals surface area contributed by atoms with E-state index >= 15 is 0 Å². The van der Waals surface area contributed by atoms with Crippen molar-refractivity contribution in [2.75, 3.05) is 0 Å². The zero-order chi connectivity index (χ0) is 21.6. The molecule has 0 aliphatic rings. The Morgan fingerprint density at radius 1 is 1.07 bits per heavy atom. The quantitative estimate of drug-likeness (QED) is 0.699. The van der Waals surface area contributed by atoms with Gasteiger partial charge in [0.25, 0.3) is 0 Å². The molecular formula is C24H31ClN2O2. The van der Waals surface area contributed by atoms with E-state index in [0.29, 0.717) is 24.4 Å². The lowest BCUT2D eigenvalue weighted by molar-refractivity contribution is -0.141. The fourth-order valence-corrected chi connectivity index (χ4v) is 3.25. The van der Waals surface area contributed by atoms with Crippen molar-refractivity contribution in [3.05, 3.63) is 70.2 Å². The third-order valence-electron chi connectivity index (χ3n) is 4.66. The van der Waals surface area contributed by atoms with Crippen molar-refractivity contribution in [2.24, 2.45) is 0 Å². The Bertz CT molecular complexity index is 841. The average Bonchev–Trinajstić information content (AvgIpc) is 2.63. The topological polar surface area (TPSA) is 49.4 Å². The number of amides is 2. The number of hydrogen-bond acceptors (Lipinski definition) is 2. The first kappa shape index (κ1) is 23.0. The molecule has 29 heavy (non-hydrogen) atoms. The molecule has 1 N–H and O–H groups in total. The van der Waals surface area contributed by atoms with E-state index in [9.17, 15) is 9.59 Å². The molecule has 2 aromatic carbocycles. The van der Waals surface area contributed by atoms with Gasteiger partial charge in [0, 0.05) is 23.5 Å². The maximum absolute atomic E-state index is 13.1. The normalized spacial score (nSPS) is 12.3. The minimum atomic E-state index is -0.585. The van der Waals surface area contributed by atoms with Crippen molar-refractivity contribution in [3.63, 3.8) is 0 Å². The molecule has 0 unspecified atom stereocenters. The van der Waals surface area contributed by atoms with Crippen molar-refractivity contribution in [2.45, 2.75) is 65.6 Å². The number of halogens is 1. The fourth-order valence-electron chi connectivity index (χ4n) is 3.04. The van der Waals surface area contributed by atoms with Crippen LogP contribution in [-0.2, 0) is 22.6 Å². The molecule has 2 amide bonds. The Morgan fingerprint density at radius 2 is 1.72 bits per heavy atom. The lowest BCUT2D eigenvalue weighted by atomic mass is 10.1. The van der Waals surface area contributed by atoms with Crippen molar-refractivity contribution >= 4 is 23.4 Å². The second kappa shape index (κ2) is 9.93. The highest BCUT2D eigenvalue weighted by Crippen LogP contribution is 2.17. The van der Waals surface area contributed by atoms with Gasteiger partial charge in [0.05, 0.1) is 0 Å². The van der Waals surface area contributed by atoms with Gasteiger partial charge in [0.1, 0.15) is 6.04 Å². The van der Waals surface area contributed by atoms with Crippen molar-refractivity contribution in [1.29, 1.82) is 0 Å². The summed E-state index contributed by atoms with van der Waals surface area (Å²) in [4.78, 5) is 27.5. The molecule has 1 atom stereocenters. The average molecular weight is 415 g/mol. The molecule has 0 heterocycles. The van der Waals surface area contributed by atoms with Gasteiger partial charge in [-0.3, -0.25) is 9.59 Å². The maximum Gasteiger partial charge on any atom is 0.242 e. The third-order valence-corrected chi connectivity index (χ3v) is 4.89. The molecule has 4 nitrogen and oxygen atoms in total. The number of benzene rings is 2. The van der Waals surface area contributed by atoms with E-state index in [4.69, 9.17) is 11.6 Å². The van der Waals surface area contributed by atoms with Crippen LogP contribution in [0.5, 0.6) is 0 Å². The standard InChI is InChI=1S/C24H31ClN2O2/c1-17-9-11-19(12-10-17)13-14-22(28)27(16-20-7-6-8-21(25)15-20)18(2)23(29)26-24(3,4)5/h6-12,15,18H,13-14,16H2,1-5H3,(H,26,29)/t18-/m1/s1. The van der Waals surface area contributed by atoms with Gasteiger partial charge in [0.2, 0.25) is 11.8 Å². The molecular weight excluding hydrogens is 384 g/mol. The van der Waals surface area contributed by atoms with Crippen LogP contribution < -0.4 is 5.32 Å². The first-order valence-corrected chi connectivity index (χ1v) is 10.3. The molecule has 2 rings (SSSR count). The van der Waals surface area contributed by atoms with Gasteiger partial charge >= 0.3 is 0 Å². The largest absolute Gasteiger partial charge is 0.350 e. The molecule has 0 fully saturated rings. The van der Waals surface area contributed by atoms with E-state index in [1.807, 2.05) is 70.2 Å². The van der Waals surface area contributed by atoms with Crippen LogP contribution in [-0.4, -0.2) is 28.3 Å². The SMILES string of the molecule is Cc1ccc(CCC(=O)N(Cc2cccc(Cl)c2)[C@H](C)C(=O)NC(C)(C)C)cc1. The van der Waals surface area contributed by atoms with Crippen molar-refractivity contribution in [3.8, 4) is 0 Å². The van der Waals surface area contributed by atoms with E-state index in [0.717, 1.165) is 11.1 Å². The number of carbonyl (C=O) groups is 2. The zero-order valence-corrected chi connectivity index (χ0v) is 18.7. The van der Waals surface area contributed by atoms with Crippen LogP contribution in [0.25, 0.3) is 0 Å². The van der Waals surface area contributed by atoms with Crippen LogP contribution in [0.4, 0.5) is 0 Å². The molecule has 156 valence electrons. The lowest BCUT2D eigenvalue weighted by Crippen LogP contribution is -2.52. The summed E-state index contributed by atoms with van der Waals surface area (Å²) in [6.07, 6.45) is 0.982. The van der Waals surface area contributed by atoms with Crippen LogP contribution in [0.1, 0.15) is 50.8 Å². The number of nitrogens with zero attached hydrogens (tertiary/aromatic N) is 1. The zero-order valence-electron chi connectivity index (χ0n) is 18.0. The summed E-state index contributed by atoms with van der Waals surface area (Å²) in [7, 11) is 0. The maximum atomic E-state index is 13.1. The van der Waals surface area contributed by atoms with E-state index < -0.39 is 6.04 Å². The van der Waals surface area contributed by atoms with E-state index in [-0.39, 0.29) is 17.4 Å². The van der Waals surface area contributed by atoms with E-state index in [2.05, 4.69) is 5.32 Å². The highest BCUT2D eigenvalue weighted by molar-refractivity contribution is 6.30. The van der Waals surface area contributed by atoms with Gasteiger partial charge in [-0.15, -0.1) is 0 Å². The van der Waals surface area contributed by atoms with Crippen LogP contribution in [0.15, 0.2) is 48.5 Å². The Labute approximate surface area is 179 Å². The van der Waals surface area contributed by atoms with Crippen LogP contribution in [0, 0.1) is 6.92 Å². The number of carbonyl (C=O) groups excluding carboxylic acids is 2. The summed E-state index contributed by atoms with van der Waals surface area (Å²) in [6.45, 7) is 9.94. The molecule has 0 saturated heterocycles. The van der Waals surface area contributed by atoms with Crippen LogP contribution in [0.3, 0.4) is 0 Å². The molecule has 0 radical (unpaired) electrons. The molecule has 0 aliphatic carbocycles. The van der Waals surface area contributed by atoms with Crippen LogP contribution >= 0.6 is 11.6 Å². The summed E-state index contributed by atoms with van der Waals surface area (Å²) >= 11 is 6.11. The van der Waals surface area contributed by atoms with Gasteiger partial charge in [-0.1, -0.05) is 53.6 Å². The number of rotatable bonds is 7. The predicted octanol–water partition coefficient (Wildman–Crippen LogP) is 4.91. The minimum absolute atomic E-state index is 0.0536. The van der Waals surface area contributed by atoms with Gasteiger partial charge in [-0.25, -0.2) is 0 Å². The smallest absolute Gasteiger partial charge is 0.242 e. The van der Waals surface area contributed by atoms with Gasteiger partial charge in [0.15, 0.2) is 0 Å². The lowest BCUT2D eigenvalue weighted by Gasteiger charge is -2.31. The van der Waals surface area contributed by atoms with E-state index in [1.54, 1.807) is 17.9 Å². The highest BCUT2D eigenvalue weighted by Gasteiger charge is 2.28.